The predicted molar refractivity (Wildman–Crippen MR) is 112 cm³/mol. The smallest absolute Gasteiger partial charge is 0.340 e. The Balaban J connectivity index is 2.35. The van der Waals surface area contributed by atoms with Gasteiger partial charge in [-0.3, -0.25) is 0 Å². The minimum atomic E-state index is -0.628. The molecular weight excluding hydrogens is 426 g/mol. The average molecular weight is 448 g/mol. The zero-order valence-corrected chi connectivity index (χ0v) is 18.0. The molecule has 0 aromatic heterocycles. The number of carbonyl (C=O) groups excluding carboxylic acids is 2. The number of rotatable bonds is 2. The molecule has 0 saturated heterocycles. The molecule has 1 atom stereocenters. The molecule has 0 fully saturated rings. The first kappa shape index (κ1) is 22.6. The summed E-state index contributed by atoms with van der Waals surface area (Å²) in [6.45, 7) is 0.183. The summed E-state index contributed by atoms with van der Waals surface area (Å²) >= 11 is 12.9. The lowest BCUT2D eigenvalue weighted by Gasteiger charge is -2.20. The summed E-state index contributed by atoms with van der Waals surface area (Å²) in [6.07, 6.45) is 1.84. The van der Waals surface area contributed by atoms with Gasteiger partial charge in [0, 0.05) is 23.1 Å². The molecule has 1 aliphatic heterocycles. The molecule has 7 nitrogen and oxygen atoms in total. The lowest BCUT2D eigenvalue weighted by molar-refractivity contribution is -0.142. The monoisotopic (exact) mass is 447 g/mol. The number of phenolic OH excluding ortho intramolecular Hbond substituents is 1. The predicted octanol–water partition coefficient (Wildman–Crippen LogP) is 3.09. The quantitative estimate of drug-likeness (QED) is 0.523. The van der Waals surface area contributed by atoms with E-state index in [0.29, 0.717) is 35.6 Å². The van der Waals surface area contributed by atoms with Crippen molar-refractivity contribution in [3.8, 4) is 11.5 Å². The molecule has 0 bridgehead atoms. The highest BCUT2D eigenvalue weighted by Gasteiger charge is 2.26. The van der Waals surface area contributed by atoms with Crippen molar-refractivity contribution in [2.75, 3.05) is 26.6 Å². The van der Waals surface area contributed by atoms with Crippen LogP contribution >= 0.6 is 35.6 Å². The molecule has 154 valence electrons. The highest BCUT2D eigenvalue weighted by Crippen LogP contribution is 2.39. The lowest BCUT2D eigenvalue weighted by Crippen LogP contribution is -2.42. The fourth-order valence-electron chi connectivity index (χ4n) is 2.65. The Kier molecular flexibility index (Phi) is 8.65. The van der Waals surface area contributed by atoms with Crippen molar-refractivity contribution < 1.29 is 28.9 Å². The van der Waals surface area contributed by atoms with Crippen molar-refractivity contribution in [3.63, 3.8) is 0 Å². The van der Waals surface area contributed by atoms with Gasteiger partial charge < -0.3 is 24.6 Å². The molecule has 10 heteroatoms. The Bertz CT molecular complexity index is 758. The fraction of sp³-hybridized carbons (Fsp3) is 0.500. The van der Waals surface area contributed by atoms with E-state index in [1.54, 1.807) is 0 Å². The number of aromatic hydroxyl groups is 1. The lowest BCUT2D eigenvalue weighted by atomic mass is 10.1. The molecule has 0 spiro atoms. The molecule has 1 aromatic rings. The Morgan fingerprint density at radius 3 is 2.86 bits per heavy atom. The van der Waals surface area contributed by atoms with Crippen LogP contribution in [0.2, 0.25) is 5.02 Å². The van der Waals surface area contributed by atoms with E-state index in [4.69, 9.17) is 38.0 Å². The van der Waals surface area contributed by atoms with Crippen molar-refractivity contribution >= 4 is 52.5 Å². The summed E-state index contributed by atoms with van der Waals surface area (Å²) in [4.78, 5) is 25.2. The van der Waals surface area contributed by atoms with Crippen LogP contribution in [0.1, 0.15) is 35.2 Å². The summed E-state index contributed by atoms with van der Waals surface area (Å²) in [6, 6.07) is 0.722. The maximum atomic E-state index is 12.6. The first-order chi connectivity index (χ1) is 13.4. The van der Waals surface area contributed by atoms with Crippen molar-refractivity contribution in [2.45, 2.75) is 31.1 Å². The van der Waals surface area contributed by atoms with Crippen LogP contribution in [0.5, 0.6) is 11.5 Å². The number of carbonyl (C=O) groups is 2. The molecule has 28 heavy (non-hydrogen) atoms. The molecule has 2 rings (SSSR count). The molecule has 0 aliphatic carbocycles. The van der Waals surface area contributed by atoms with Gasteiger partial charge >= 0.3 is 11.9 Å². The number of methoxy groups -OCH3 is 2. The number of phenols is 1. The average Bonchev–Trinajstić information content (AvgIpc) is 2.67. The minimum Gasteiger partial charge on any atom is -0.507 e. The second-order valence-electron chi connectivity index (χ2n) is 6.02. The van der Waals surface area contributed by atoms with E-state index >= 15 is 0 Å². The molecule has 0 radical (unpaired) electrons. The van der Waals surface area contributed by atoms with Crippen LogP contribution in [0, 0.1) is 0 Å². The van der Waals surface area contributed by atoms with E-state index in [1.807, 2.05) is 0 Å². The van der Waals surface area contributed by atoms with Gasteiger partial charge in [-0.25, -0.2) is 9.59 Å². The second kappa shape index (κ2) is 10.7. The minimum absolute atomic E-state index is 0.0705. The van der Waals surface area contributed by atoms with Crippen LogP contribution in [0.15, 0.2) is 6.07 Å². The number of nitrogens with one attached hydrogen (secondary N) is 1. The van der Waals surface area contributed by atoms with E-state index in [1.165, 1.54) is 32.0 Å². The number of thioether (sulfide) groups is 1. The van der Waals surface area contributed by atoms with Crippen LogP contribution in [0.25, 0.3) is 0 Å². The number of hydrogen-bond donors (Lipinski definition) is 2. The number of cyclic esters (lactones) is 1. The van der Waals surface area contributed by atoms with E-state index in [9.17, 15) is 14.7 Å². The van der Waals surface area contributed by atoms with Crippen LogP contribution in [-0.4, -0.2) is 54.7 Å². The van der Waals surface area contributed by atoms with E-state index in [-0.39, 0.29) is 34.4 Å². The van der Waals surface area contributed by atoms with Crippen molar-refractivity contribution in [1.29, 1.82) is 0 Å². The molecule has 0 amide bonds. The van der Waals surface area contributed by atoms with E-state index in [2.05, 4.69) is 5.32 Å². The summed E-state index contributed by atoms with van der Waals surface area (Å²) in [5.74, 6) is -0.464. The first-order valence-electron chi connectivity index (χ1n) is 8.59. The molecule has 1 aliphatic rings. The van der Waals surface area contributed by atoms with Crippen LogP contribution in [0.3, 0.4) is 0 Å². The third kappa shape index (κ3) is 5.65. The Morgan fingerprint density at radius 1 is 1.43 bits per heavy atom. The van der Waals surface area contributed by atoms with Crippen LogP contribution in [-0.2, 0) is 20.0 Å². The van der Waals surface area contributed by atoms with Gasteiger partial charge in [-0.05, 0) is 19.3 Å². The Labute approximate surface area is 178 Å². The zero-order chi connectivity index (χ0) is 20.7. The van der Waals surface area contributed by atoms with Gasteiger partial charge in [-0.2, -0.15) is 11.8 Å². The van der Waals surface area contributed by atoms with Gasteiger partial charge in [0.2, 0.25) is 0 Å². The maximum Gasteiger partial charge on any atom is 0.340 e. The Morgan fingerprint density at radius 2 is 2.18 bits per heavy atom. The topological polar surface area (TPSA) is 94.1 Å². The molecule has 0 saturated carbocycles. The SMILES string of the molecule is COC(=O)[C@@H]1CSCc2c(O)cc(OC)c(Cl)c2C(=O)OCCCCC(=S)N1. The third-order valence-electron chi connectivity index (χ3n) is 4.12. The zero-order valence-electron chi connectivity index (χ0n) is 15.6. The number of fused-ring (bicyclic) bond motifs is 1. The molecule has 0 unspecified atom stereocenters. The Hall–Kier alpha value is -1.71. The van der Waals surface area contributed by atoms with Crippen LogP contribution in [0.4, 0.5) is 0 Å². The number of halogens is 1. The van der Waals surface area contributed by atoms with E-state index in [0.717, 1.165) is 0 Å². The van der Waals surface area contributed by atoms with Gasteiger partial charge in [-0.1, -0.05) is 23.8 Å². The summed E-state index contributed by atoms with van der Waals surface area (Å²) < 4.78 is 15.3. The van der Waals surface area contributed by atoms with Crippen molar-refractivity contribution in [3.05, 3.63) is 22.2 Å². The number of thiocarbonyl (C=S) groups is 1. The third-order valence-corrected chi connectivity index (χ3v) is 5.88. The number of benzene rings is 1. The number of ether oxygens (including phenoxy) is 3. The highest BCUT2D eigenvalue weighted by molar-refractivity contribution is 7.98. The van der Waals surface area contributed by atoms with Gasteiger partial charge in [0.05, 0.1) is 36.4 Å². The van der Waals surface area contributed by atoms with Crippen LogP contribution < -0.4 is 10.1 Å². The van der Waals surface area contributed by atoms with Gasteiger partial charge in [-0.15, -0.1) is 0 Å². The fourth-order valence-corrected chi connectivity index (χ4v) is 4.33. The van der Waals surface area contributed by atoms with Gasteiger partial charge in [0.1, 0.15) is 17.5 Å². The molecule has 1 heterocycles. The number of hydrogen-bond acceptors (Lipinski definition) is 8. The first-order valence-corrected chi connectivity index (χ1v) is 10.5. The summed E-state index contributed by atoms with van der Waals surface area (Å²) in [5, 5.41) is 13.5. The second-order valence-corrected chi connectivity index (χ2v) is 7.92. The number of esters is 2. The largest absolute Gasteiger partial charge is 0.507 e. The summed E-state index contributed by atoms with van der Waals surface area (Å²) in [5.41, 5.74) is 0.394. The van der Waals surface area contributed by atoms with E-state index < -0.39 is 18.0 Å². The molecule has 1 aromatic carbocycles. The standard InChI is InChI=1S/C18H22ClNO6S2/c1-24-13-7-12(21)10-8-28-9-11(17(22)25-2)20-14(27)5-3-4-6-26-18(23)15(10)16(13)19/h7,11,21H,3-6,8-9H2,1-2H3,(H,20,27)/t11-/m0/s1. The van der Waals surface area contributed by atoms with Gasteiger partial charge in [0.25, 0.3) is 0 Å². The van der Waals surface area contributed by atoms with Crippen molar-refractivity contribution in [1.82, 2.24) is 5.32 Å². The maximum absolute atomic E-state index is 12.6. The van der Waals surface area contributed by atoms with Crippen molar-refractivity contribution in [2.24, 2.45) is 0 Å². The summed E-state index contributed by atoms with van der Waals surface area (Å²) in [7, 11) is 2.71. The van der Waals surface area contributed by atoms with Gasteiger partial charge in [0.15, 0.2) is 0 Å². The normalized spacial score (nSPS) is 18.9. The highest BCUT2D eigenvalue weighted by atomic mass is 35.5. The molecule has 2 N–H and O–H groups in total. The molecular formula is C18H22ClNO6S2.